The molecule has 1 aliphatic heterocycles. The number of aromatic nitrogens is 4. The lowest BCUT2D eigenvalue weighted by Gasteiger charge is -2.21. The molecule has 2 aromatic heterocycles. The quantitative estimate of drug-likeness (QED) is 0.279. The molecule has 2 aliphatic rings. The topological polar surface area (TPSA) is 89.2 Å². The van der Waals surface area contributed by atoms with Crippen LogP contribution in [0, 0.1) is 24.5 Å². The largest absolute Gasteiger partial charge is 0.383 e. The molecule has 2 unspecified atom stereocenters. The van der Waals surface area contributed by atoms with Gasteiger partial charge in [-0.05, 0) is 55.5 Å². The number of hydrogen-bond donors (Lipinski definition) is 2. The molecule has 42 heavy (non-hydrogen) atoms. The Labute approximate surface area is 243 Å². The number of likely N-dealkylation sites (tertiary alicyclic amines) is 1. The van der Waals surface area contributed by atoms with E-state index in [1.54, 1.807) is 17.9 Å². The Morgan fingerprint density at radius 1 is 1.10 bits per heavy atom. The number of para-hydroxylation sites is 1. The molecule has 0 spiro atoms. The van der Waals surface area contributed by atoms with Crippen molar-refractivity contribution in [2.24, 2.45) is 5.92 Å². The standard InChI is InChI=1S/C31H35F2N7O2/c1-20-29(23-15-34-39(17-23)16-21-8-9-21)37-40(24-6-4-3-5-7-24)30(20)36-31(41)35-28-19-38(12-13-42-2)18-25(28)22-10-11-26(32)27(33)14-22/h3-7,10-11,14-15,17,21,25,28H,8-9,12-13,16,18-19H2,1-2H3,(H2,35,36,41). The molecule has 2 amide bonds. The highest BCUT2D eigenvalue weighted by Crippen LogP contribution is 2.33. The summed E-state index contributed by atoms with van der Waals surface area (Å²) < 4.78 is 36.8. The third-order valence-corrected chi connectivity index (χ3v) is 8.10. The van der Waals surface area contributed by atoms with Gasteiger partial charge in [0.15, 0.2) is 11.6 Å². The zero-order valence-corrected chi connectivity index (χ0v) is 23.8. The summed E-state index contributed by atoms with van der Waals surface area (Å²) in [6.07, 6.45) is 6.30. The Hall–Kier alpha value is -4.09. The highest BCUT2D eigenvalue weighted by molar-refractivity contribution is 5.91. The number of hydrogen-bond acceptors (Lipinski definition) is 5. The maximum atomic E-state index is 14.1. The second kappa shape index (κ2) is 12.0. The Morgan fingerprint density at radius 3 is 2.64 bits per heavy atom. The van der Waals surface area contributed by atoms with Crippen LogP contribution in [0.25, 0.3) is 16.9 Å². The van der Waals surface area contributed by atoms with Gasteiger partial charge < -0.3 is 10.1 Å². The molecule has 11 heteroatoms. The number of nitrogens with one attached hydrogen (secondary N) is 2. The predicted molar refractivity (Wildman–Crippen MR) is 156 cm³/mol. The zero-order chi connectivity index (χ0) is 29.2. The summed E-state index contributed by atoms with van der Waals surface area (Å²) in [5.41, 5.74) is 3.87. The molecule has 3 heterocycles. The van der Waals surface area contributed by atoms with Gasteiger partial charge in [0.25, 0.3) is 0 Å². The fourth-order valence-corrected chi connectivity index (χ4v) is 5.65. The van der Waals surface area contributed by atoms with Crippen molar-refractivity contribution >= 4 is 11.8 Å². The van der Waals surface area contributed by atoms with E-state index in [0.29, 0.717) is 43.5 Å². The number of methoxy groups -OCH3 is 1. The molecule has 9 nitrogen and oxygen atoms in total. The molecule has 220 valence electrons. The number of carbonyl (C=O) groups excluding carboxylic acids is 1. The van der Waals surface area contributed by atoms with E-state index in [0.717, 1.165) is 35.1 Å². The minimum atomic E-state index is -0.901. The van der Waals surface area contributed by atoms with Crippen molar-refractivity contribution in [1.82, 2.24) is 29.8 Å². The van der Waals surface area contributed by atoms with Gasteiger partial charge in [-0.25, -0.2) is 18.3 Å². The molecule has 1 saturated carbocycles. The fourth-order valence-electron chi connectivity index (χ4n) is 5.65. The zero-order valence-electron chi connectivity index (χ0n) is 23.8. The van der Waals surface area contributed by atoms with Gasteiger partial charge in [0.1, 0.15) is 11.5 Å². The van der Waals surface area contributed by atoms with E-state index in [1.807, 2.05) is 54.3 Å². The van der Waals surface area contributed by atoms with Crippen LogP contribution in [-0.2, 0) is 11.3 Å². The summed E-state index contributed by atoms with van der Waals surface area (Å²) in [4.78, 5) is 15.7. The van der Waals surface area contributed by atoms with E-state index in [9.17, 15) is 13.6 Å². The first-order valence-electron chi connectivity index (χ1n) is 14.3. The lowest BCUT2D eigenvalue weighted by molar-refractivity contribution is 0.159. The Bertz CT molecular complexity index is 1550. The average Bonchev–Trinajstić information content (AvgIpc) is 3.38. The second-order valence-corrected chi connectivity index (χ2v) is 11.2. The molecule has 6 rings (SSSR count). The van der Waals surface area contributed by atoms with Crippen molar-refractivity contribution in [2.75, 3.05) is 38.7 Å². The van der Waals surface area contributed by atoms with Gasteiger partial charge in [0, 0.05) is 56.5 Å². The lowest BCUT2D eigenvalue weighted by Crippen LogP contribution is -2.42. The van der Waals surface area contributed by atoms with Gasteiger partial charge in [-0.2, -0.15) is 10.2 Å². The van der Waals surface area contributed by atoms with Gasteiger partial charge in [-0.1, -0.05) is 24.3 Å². The fraction of sp³-hybridized carbons (Fsp3) is 0.387. The summed E-state index contributed by atoms with van der Waals surface area (Å²) in [5.74, 6) is -0.786. The molecule has 2 atom stereocenters. The first-order chi connectivity index (χ1) is 20.4. The van der Waals surface area contributed by atoms with Crippen LogP contribution in [0.2, 0.25) is 0 Å². The number of halogens is 2. The van der Waals surface area contributed by atoms with E-state index in [2.05, 4.69) is 20.6 Å². The highest BCUT2D eigenvalue weighted by atomic mass is 19.2. The third-order valence-electron chi connectivity index (χ3n) is 8.10. The van der Waals surface area contributed by atoms with E-state index >= 15 is 0 Å². The molecule has 4 aromatic rings. The maximum Gasteiger partial charge on any atom is 0.320 e. The van der Waals surface area contributed by atoms with Crippen LogP contribution in [0.4, 0.5) is 19.4 Å². The summed E-state index contributed by atoms with van der Waals surface area (Å²) in [5, 5.41) is 15.6. The Balaban J connectivity index is 1.26. The first-order valence-corrected chi connectivity index (χ1v) is 14.3. The third kappa shape index (κ3) is 6.07. The number of benzene rings is 2. The molecule has 0 radical (unpaired) electrons. The average molecular weight is 576 g/mol. The van der Waals surface area contributed by atoms with E-state index in [-0.39, 0.29) is 12.0 Å². The number of nitrogens with zero attached hydrogens (tertiary/aromatic N) is 5. The number of amides is 2. The van der Waals surface area contributed by atoms with Crippen LogP contribution < -0.4 is 10.6 Å². The molecule has 2 fully saturated rings. The number of rotatable bonds is 10. The predicted octanol–water partition coefficient (Wildman–Crippen LogP) is 4.97. The van der Waals surface area contributed by atoms with Crippen LogP contribution >= 0.6 is 0 Å². The SMILES string of the molecule is COCCN1CC(NC(=O)Nc2c(C)c(-c3cnn(CC4CC4)c3)nn2-c2ccccc2)C(c2ccc(F)c(F)c2)C1. The van der Waals surface area contributed by atoms with Crippen LogP contribution in [0.1, 0.15) is 29.9 Å². The van der Waals surface area contributed by atoms with Crippen molar-refractivity contribution in [1.29, 1.82) is 0 Å². The molecular weight excluding hydrogens is 540 g/mol. The maximum absolute atomic E-state index is 14.1. The number of carbonyl (C=O) groups is 1. The first kappa shape index (κ1) is 28.0. The summed E-state index contributed by atoms with van der Waals surface area (Å²) in [7, 11) is 1.64. The van der Waals surface area contributed by atoms with E-state index in [1.165, 1.54) is 18.9 Å². The molecule has 2 aromatic carbocycles. The van der Waals surface area contributed by atoms with Crippen LogP contribution in [0.5, 0.6) is 0 Å². The Morgan fingerprint density at radius 2 is 1.90 bits per heavy atom. The minimum Gasteiger partial charge on any atom is -0.383 e. The van der Waals surface area contributed by atoms with Crippen molar-refractivity contribution in [3.05, 3.63) is 83.7 Å². The van der Waals surface area contributed by atoms with Gasteiger partial charge in [-0.3, -0.25) is 14.9 Å². The number of anilines is 1. The van der Waals surface area contributed by atoms with Gasteiger partial charge in [-0.15, -0.1) is 0 Å². The van der Waals surface area contributed by atoms with Gasteiger partial charge in [0.2, 0.25) is 0 Å². The molecule has 0 bridgehead atoms. The Kier molecular flexibility index (Phi) is 8.03. The monoisotopic (exact) mass is 575 g/mol. The molecule has 1 saturated heterocycles. The van der Waals surface area contributed by atoms with Crippen molar-refractivity contribution < 1.29 is 18.3 Å². The second-order valence-electron chi connectivity index (χ2n) is 11.2. The molecule has 2 N–H and O–H groups in total. The smallest absolute Gasteiger partial charge is 0.320 e. The van der Waals surface area contributed by atoms with Crippen LogP contribution in [0.3, 0.4) is 0 Å². The summed E-state index contributed by atoms with van der Waals surface area (Å²) in [6, 6.07) is 12.8. The number of ether oxygens (including phenoxy) is 1. The molecule has 1 aliphatic carbocycles. The normalized spacial score (nSPS) is 18.9. The van der Waals surface area contributed by atoms with Crippen LogP contribution in [-0.4, -0.2) is 69.9 Å². The number of urea groups is 1. The van der Waals surface area contributed by atoms with Crippen LogP contribution in [0.15, 0.2) is 60.9 Å². The van der Waals surface area contributed by atoms with Crippen molar-refractivity contribution in [3.8, 4) is 16.9 Å². The van der Waals surface area contributed by atoms with E-state index in [4.69, 9.17) is 9.84 Å². The minimum absolute atomic E-state index is 0.226. The van der Waals surface area contributed by atoms with Gasteiger partial charge >= 0.3 is 6.03 Å². The van der Waals surface area contributed by atoms with E-state index < -0.39 is 17.7 Å². The van der Waals surface area contributed by atoms with Crippen molar-refractivity contribution in [3.63, 3.8) is 0 Å². The van der Waals surface area contributed by atoms with Crippen molar-refractivity contribution in [2.45, 2.75) is 38.3 Å². The van der Waals surface area contributed by atoms with Gasteiger partial charge in [0.05, 0.1) is 24.5 Å². The molecular formula is C31H35F2N7O2. The lowest BCUT2D eigenvalue weighted by atomic mass is 9.94. The summed E-state index contributed by atoms with van der Waals surface area (Å²) >= 11 is 0. The highest BCUT2D eigenvalue weighted by Gasteiger charge is 2.35. The summed E-state index contributed by atoms with van der Waals surface area (Å²) in [6.45, 7) is 5.14.